The number of nitrogens with two attached hydrogens (primary N) is 1. The number of nitrogen functional groups attached to an aromatic ring is 1. The Bertz CT molecular complexity index is 725. The van der Waals surface area contributed by atoms with E-state index in [-0.39, 0.29) is 0 Å². The summed E-state index contributed by atoms with van der Waals surface area (Å²) in [5.74, 6) is 0.519. The number of nitrogens with zero attached hydrogens (tertiary/aromatic N) is 2. The maximum atomic E-state index is 11.2. The van der Waals surface area contributed by atoms with E-state index in [0.717, 1.165) is 5.56 Å². The lowest BCUT2D eigenvalue weighted by molar-refractivity contribution is 0.596. The highest BCUT2D eigenvalue weighted by atomic mass is 35.5. The van der Waals surface area contributed by atoms with Gasteiger partial charge in [0.25, 0.3) is 0 Å². The van der Waals surface area contributed by atoms with Gasteiger partial charge < -0.3 is 5.73 Å². The summed E-state index contributed by atoms with van der Waals surface area (Å²) in [6.07, 6.45) is 0. The van der Waals surface area contributed by atoms with Gasteiger partial charge in [0.15, 0.2) is 5.16 Å². The van der Waals surface area contributed by atoms with Crippen molar-refractivity contribution in [3.63, 3.8) is 0 Å². The zero-order valence-electron chi connectivity index (χ0n) is 10.0. The number of rotatable bonds is 3. The first kappa shape index (κ1) is 13.7. The van der Waals surface area contributed by atoms with Crippen LogP contribution < -0.4 is 16.9 Å². The van der Waals surface area contributed by atoms with Crippen LogP contribution in [0.1, 0.15) is 5.56 Å². The average Bonchev–Trinajstić information content (AvgIpc) is 2.34. The number of hydrogen-bond donors (Lipinski definition) is 2. The summed E-state index contributed by atoms with van der Waals surface area (Å²) in [5, 5.41) is 3.35. The number of thioether (sulfide) groups is 1. The fourth-order valence-electron chi connectivity index (χ4n) is 1.41. The summed E-state index contributed by atoms with van der Waals surface area (Å²) < 4.78 is 1.40. The summed E-state index contributed by atoms with van der Waals surface area (Å²) in [6.45, 7) is 0. The van der Waals surface area contributed by atoms with Gasteiger partial charge in [-0.2, -0.15) is 4.98 Å². The standard InChI is InChI=1S/C11H11ClN4O2S/c1-16-11(14-9(17)10(18)15-16)19-5-6-2-3-7(13)4-8(6)12/h2-4H,5,13H2,1H3,(H,15,18). The highest BCUT2D eigenvalue weighted by Gasteiger charge is 2.07. The molecule has 2 aromatic rings. The number of aromatic nitrogens is 3. The van der Waals surface area contributed by atoms with Crippen LogP contribution >= 0.6 is 23.4 Å². The molecule has 19 heavy (non-hydrogen) atoms. The van der Waals surface area contributed by atoms with Crippen LogP contribution in [0.15, 0.2) is 32.9 Å². The number of halogens is 1. The monoisotopic (exact) mass is 298 g/mol. The molecular formula is C11H11ClN4O2S. The van der Waals surface area contributed by atoms with Gasteiger partial charge in [0.2, 0.25) is 0 Å². The molecule has 0 bridgehead atoms. The maximum Gasteiger partial charge on any atom is 0.339 e. The fourth-order valence-corrected chi connectivity index (χ4v) is 2.67. The Morgan fingerprint density at radius 3 is 2.89 bits per heavy atom. The number of aromatic amines is 1. The van der Waals surface area contributed by atoms with E-state index in [2.05, 4.69) is 10.1 Å². The van der Waals surface area contributed by atoms with Crippen molar-refractivity contribution < 1.29 is 0 Å². The molecule has 0 saturated carbocycles. The number of hydrogen-bond acceptors (Lipinski definition) is 5. The van der Waals surface area contributed by atoms with Crippen molar-refractivity contribution in [1.82, 2.24) is 14.8 Å². The lowest BCUT2D eigenvalue weighted by Crippen LogP contribution is -2.33. The van der Waals surface area contributed by atoms with Crippen LogP contribution in [0.2, 0.25) is 5.02 Å². The molecule has 8 heteroatoms. The predicted octanol–water partition coefficient (Wildman–Crippen LogP) is 0.996. The van der Waals surface area contributed by atoms with E-state index in [1.165, 1.54) is 16.4 Å². The van der Waals surface area contributed by atoms with E-state index in [4.69, 9.17) is 17.3 Å². The van der Waals surface area contributed by atoms with Crippen LogP contribution in [0.25, 0.3) is 0 Å². The molecule has 3 N–H and O–H groups in total. The molecule has 0 atom stereocenters. The maximum absolute atomic E-state index is 11.2. The molecule has 0 unspecified atom stereocenters. The average molecular weight is 299 g/mol. The van der Waals surface area contributed by atoms with Crippen molar-refractivity contribution in [2.75, 3.05) is 5.73 Å². The van der Waals surface area contributed by atoms with Crippen molar-refractivity contribution in [2.24, 2.45) is 7.05 Å². The Morgan fingerprint density at radius 1 is 1.47 bits per heavy atom. The highest BCUT2D eigenvalue weighted by molar-refractivity contribution is 7.98. The lowest BCUT2D eigenvalue weighted by atomic mass is 10.2. The van der Waals surface area contributed by atoms with Gasteiger partial charge in [-0.05, 0) is 17.7 Å². The van der Waals surface area contributed by atoms with Gasteiger partial charge in [-0.25, -0.2) is 0 Å². The van der Waals surface area contributed by atoms with E-state index in [9.17, 15) is 9.59 Å². The molecule has 0 saturated heterocycles. The summed E-state index contributed by atoms with van der Waals surface area (Å²) in [7, 11) is 1.61. The minimum Gasteiger partial charge on any atom is -0.399 e. The molecule has 1 heterocycles. The Labute approximate surface area is 117 Å². The second-order valence-electron chi connectivity index (χ2n) is 3.84. The molecule has 0 fully saturated rings. The van der Waals surface area contributed by atoms with Gasteiger partial charge >= 0.3 is 11.1 Å². The molecule has 1 aromatic heterocycles. The van der Waals surface area contributed by atoms with Gasteiger partial charge in [0, 0.05) is 23.5 Å². The summed E-state index contributed by atoms with van der Waals surface area (Å²) in [6, 6.07) is 5.23. The number of H-pyrrole nitrogens is 1. The van der Waals surface area contributed by atoms with Crippen LogP contribution in [0, 0.1) is 0 Å². The van der Waals surface area contributed by atoms with Crippen molar-refractivity contribution in [3.8, 4) is 0 Å². The molecule has 0 aliphatic carbocycles. The third-order valence-corrected chi connectivity index (χ3v) is 3.81. The Morgan fingerprint density at radius 2 is 2.21 bits per heavy atom. The van der Waals surface area contributed by atoms with Crippen LogP contribution in [0.3, 0.4) is 0 Å². The van der Waals surface area contributed by atoms with Crippen molar-refractivity contribution in [2.45, 2.75) is 10.9 Å². The van der Waals surface area contributed by atoms with Crippen LogP contribution in [0.5, 0.6) is 0 Å². The van der Waals surface area contributed by atoms with Crippen molar-refractivity contribution in [1.29, 1.82) is 0 Å². The summed E-state index contributed by atoms with van der Waals surface area (Å²) >= 11 is 7.35. The van der Waals surface area contributed by atoms with E-state index < -0.39 is 11.1 Å². The molecule has 0 radical (unpaired) electrons. The van der Waals surface area contributed by atoms with E-state index in [1.807, 2.05) is 6.07 Å². The number of nitrogens with one attached hydrogen (secondary N) is 1. The van der Waals surface area contributed by atoms with Gasteiger partial charge in [0.1, 0.15) is 0 Å². The van der Waals surface area contributed by atoms with Crippen LogP contribution in [-0.2, 0) is 12.8 Å². The largest absolute Gasteiger partial charge is 0.399 e. The van der Waals surface area contributed by atoms with Crippen LogP contribution in [0.4, 0.5) is 5.69 Å². The minimum atomic E-state index is -0.802. The van der Waals surface area contributed by atoms with Crippen molar-refractivity contribution in [3.05, 3.63) is 49.5 Å². The molecule has 0 spiro atoms. The van der Waals surface area contributed by atoms with E-state index in [1.54, 1.807) is 19.2 Å². The first-order valence-electron chi connectivity index (χ1n) is 5.31. The van der Waals surface area contributed by atoms with Gasteiger partial charge in [-0.15, -0.1) is 0 Å². The van der Waals surface area contributed by atoms with Crippen LogP contribution in [-0.4, -0.2) is 14.8 Å². The van der Waals surface area contributed by atoms with E-state index >= 15 is 0 Å². The number of anilines is 1. The Balaban J connectivity index is 2.21. The van der Waals surface area contributed by atoms with Gasteiger partial charge in [-0.1, -0.05) is 29.4 Å². The second-order valence-corrected chi connectivity index (χ2v) is 5.19. The third kappa shape index (κ3) is 3.18. The molecule has 1 aromatic carbocycles. The third-order valence-electron chi connectivity index (χ3n) is 2.38. The molecule has 100 valence electrons. The van der Waals surface area contributed by atoms with Gasteiger partial charge in [-0.3, -0.25) is 19.4 Å². The zero-order valence-corrected chi connectivity index (χ0v) is 11.6. The minimum absolute atomic E-state index is 0.414. The molecule has 6 nitrogen and oxygen atoms in total. The second kappa shape index (κ2) is 5.50. The van der Waals surface area contributed by atoms with E-state index in [0.29, 0.717) is 21.6 Å². The zero-order chi connectivity index (χ0) is 14.0. The predicted molar refractivity (Wildman–Crippen MR) is 75.5 cm³/mol. The molecule has 2 rings (SSSR count). The quantitative estimate of drug-likeness (QED) is 0.501. The number of benzene rings is 1. The smallest absolute Gasteiger partial charge is 0.339 e. The Kier molecular flexibility index (Phi) is 3.96. The Hall–Kier alpha value is -1.73. The number of aryl methyl sites for hydroxylation is 1. The molecule has 0 aliphatic rings. The van der Waals surface area contributed by atoms with Crippen molar-refractivity contribution >= 4 is 29.1 Å². The highest BCUT2D eigenvalue weighted by Crippen LogP contribution is 2.25. The molecular weight excluding hydrogens is 288 g/mol. The lowest BCUT2D eigenvalue weighted by Gasteiger charge is -2.07. The topological polar surface area (TPSA) is 93.8 Å². The normalized spacial score (nSPS) is 10.6. The van der Waals surface area contributed by atoms with Gasteiger partial charge in [0.05, 0.1) is 0 Å². The first-order chi connectivity index (χ1) is 8.97. The molecule has 0 aliphatic heterocycles. The fraction of sp³-hybridized carbons (Fsp3) is 0.182. The molecule has 0 amide bonds. The first-order valence-corrected chi connectivity index (χ1v) is 6.68. The summed E-state index contributed by atoms with van der Waals surface area (Å²) in [4.78, 5) is 25.9. The summed E-state index contributed by atoms with van der Waals surface area (Å²) in [5.41, 5.74) is 5.53. The SMILES string of the molecule is Cn1[nH]c(=O)c(=O)nc1SCc1ccc(N)cc1Cl.